The number of hydrogen-bond donors (Lipinski definition) is 1. The summed E-state index contributed by atoms with van der Waals surface area (Å²) in [7, 11) is -3.33. The Labute approximate surface area is 180 Å². The lowest BCUT2D eigenvalue weighted by molar-refractivity contribution is -0.125. The van der Waals surface area contributed by atoms with Crippen molar-refractivity contribution in [3.05, 3.63) is 35.4 Å². The molecular formula is C22H34N2O3S2. The lowest BCUT2D eigenvalue weighted by atomic mass is 9.97. The largest absolute Gasteiger partial charge is 0.355 e. The van der Waals surface area contributed by atoms with Crippen LogP contribution in [0.1, 0.15) is 56.1 Å². The molecule has 1 saturated carbocycles. The molecule has 1 amide bonds. The van der Waals surface area contributed by atoms with Crippen molar-refractivity contribution in [3.8, 4) is 0 Å². The van der Waals surface area contributed by atoms with E-state index in [1.807, 2.05) is 43.0 Å². The maximum absolute atomic E-state index is 12.7. The Morgan fingerprint density at radius 3 is 2.38 bits per heavy atom. The minimum Gasteiger partial charge on any atom is -0.355 e. The molecule has 29 heavy (non-hydrogen) atoms. The van der Waals surface area contributed by atoms with Gasteiger partial charge in [0.15, 0.2) is 0 Å². The molecule has 7 heteroatoms. The van der Waals surface area contributed by atoms with Crippen LogP contribution in [0, 0.1) is 12.8 Å². The first-order chi connectivity index (χ1) is 13.9. The number of piperidine rings is 1. The Morgan fingerprint density at radius 2 is 1.72 bits per heavy atom. The molecular weight excluding hydrogens is 404 g/mol. The second kappa shape index (κ2) is 10.8. The molecule has 2 aliphatic rings. The predicted octanol–water partition coefficient (Wildman–Crippen LogP) is 3.72. The van der Waals surface area contributed by atoms with Crippen molar-refractivity contribution < 1.29 is 13.2 Å². The Morgan fingerprint density at radius 1 is 1.07 bits per heavy atom. The SMILES string of the molecule is Cc1ccc(CS(=O)(=O)N2CCC(C(=O)NCCSC3CCCCC3)CC2)cc1. The van der Waals surface area contributed by atoms with Crippen molar-refractivity contribution >= 4 is 27.7 Å². The Balaban J connectivity index is 1.37. The topological polar surface area (TPSA) is 66.5 Å². The summed E-state index contributed by atoms with van der Waals surface area (Å²) in [5, 5.41) is 3.83. The number of carbonyl (C=O) groups excluding carboxylic acids is 1. The Kier molecular flexibility index (Phi) is 8.45. The second-order valence-corrected chi connectivity index (χ2v) is 11.7. The minimum absolute atomic E-state index is 0.0303. The Bertz CT molecular complexity index is 751. The lowest BCUT2D eigenvalue weighted by Gasteiger charge is -2.30. The molecule has 0 spiro atoms. The van der Waals surface area contributed by atoms with Gasteiger partial charge in [-0.15, -0.1) is 0 Å². The van der Waals surface area contributed by atoms with Gasteiger partial charge in [0.05, 0.1) is 5.75 Å². The van der Waals surface area contributed by atoms with E-state index in [-0.39, 0.29) is 17.6 Å². The molecule has 3 rings (SSSR count). The van der Waals surface area contributed by atoms with Crippen LogP contribution < -0.4 is 5.32 Å². The van der Waals surface area contributed by atoms with Gasteiger partial charge in [-0.2, -0.15) is 11.8 Å². The van der Waals surface area contributed by atoms with Gasteiger partial charge in [-0.1, -0.05) is 49.1 Å². The van der Waals surface area contributed by atoms with Crippen molar-refractivity contribution in [1.29, 1.82) is 0 Å². The van der Waals surface area contributed by atoms with Gasteiger partial charge in [0.25, 0.3) is 0 Å². The number of thioether (sulfide) groups is 1. The monoisotopic (exact) mass is 438 g/mol. The zero-order chi connectivity index (χ0) is 20.7. The zero-order valence-electron chi connectivity index (χ0n) is 17.4. The number of hydrogen-bond acceptors (Lipinski definition) is 4. The summed E-state index contributed by atoms with van der Waals surface area (Å²) in [5.41, 5.74) is 1.93. The quantitative estimate of drug-likeness (QED) is 0.628. The standard InChI is InChI=1S/C22H34N2O3S2/c1-18-7-9-19(10-8-18)17-29(26,27)24-14-11-20(12-15-24)22(25)23-13-16-28-21-5-3-2-4-6-21/h7-10,20-21H,2-6,11-17H2,1H3,(H,23,25). The smallest absolute Gasteiger partial charge is 0.223 e. The summed E-state index contributed by atoms with van der Waals surface area (Å²) in [5.74, 6) is 1.02. The first-order valence-corrected chi connectivity index (χ1v) is 13.5. The molecule has 1 heterocycles. The molecule has 1 aliphatic heterocycles. The van der Waals surface area contributed by atoms with Crippen LogP contribution in [0.5, 0.6) is 0 Å². The molecule has 0 bridgehead atoms. The summed E-state index contributed by atoms with van der Waals surface area (Å²) in [6.07, 6.45) is 7.89. The molecule has 0 atom stereocenters. The number of nitrogens with one attached hydrogen (secondary N) is 1. The lowest BCUT2D eigenvalue weighted by Crippen LogP contribution is -2.43. The number of nitrogens with zero attached hydrogens (tertiary/aromatic N) is 1. The molecule has 1 N–H and O–H groups in total. The van der Waals surface area contributed by atoms with Gasteiger partial charge in [0, 0.05) is 36.6 Å². The maximum atomic E-state index is 12.7. The third-order valence-electron chi connectivity index (χ3n) is 5.99. The van der Waals surface area contributed by atoms with Crippen molar-refractivity contribution in [1.82, 2.24) is 9.62 Å². The van der Waals surface area contributed by atoms with Crippen LogP contribution >= 0.6 is 11.8 Å². The highest BCUT2D eigenvalue weighted by atomic mass is 32.2. The number of rotatable bonds is 8. The normalized spacial score (nSPS) is 19.9. The fourth-order valence-electron chi connectivity index (χ4n) is 4.16. The van der Waals surface area contributed by atoms with Crippen LogP contribution in [-0.2, 0) is 20.6 Å². The van der Waals surface area contributed by atoms with E-state index >= 15 is 0 Å². The predicted molar refractivity (Wildman–Crippen MR) is 120 cm³/mol. The summed E-state index contributed by atoms with van der Waals surface area (Å²) < 4.78 is 27.0. The van der Waals surface area contributed by atoms with E-state index in [0.717, 1.165) is 22.1 Å². The third-order valence-corrected chi connectivity index (χ3v) is 9.23. The highest BCUT2D eigenvalue weighted by Gasteiger charge is 2.31. The fourth-order valence-corrected chi connectivity index (χ4v) is 6.94. The van der Waals surface area contributed by atoms with Crippen molar-refractivity contribution in [2.24, 2.45) is 5.92 Å². The molecule has 0 unspecified atom stereocenters. The van der Waals surface area contributed by atoms with Crippen LogP contribution in [0.3, 0.4) is 0 Å². The summed E-state index contributed by atoms with van der Waals surface area (Å²) >= 11 is 1.99. The third kappa shape index (κ3) is 7.00. The van der Waals surface area contributed by atoms with Crippen LogP contribution in [0.15, 0.2) is 24.3 Å². The Hall–Kier alpha value is -1.05. The van der Waals surface area contributed by atoms with Gasteiger partial charge in [0.2, 0.25) is 15.9 Å². The zero-order valence-corrected chi connectivity index (χ0v) is 19.1. The molecule has 1 saturated heterocycles. The van der Waals surface area contributed by atoms with Gasteiger partial charge < -0.3 is 5.32 Å². The number of amides is 1. The van der Waals surface area contributed by atoms with E-state index < -0.39 is 10.0 Å². The number of benzene rings is 1. The number of sulfonamides is 1. The number of carbonyl (C=O) groups is 1. The summed E-state index contributed by atoms with van der Waals surface area (Å²) in [6, 6.07) is 7.62. The average molecular weight is 439 g/mol. The first-order valence-electron chi connectivity index (χ1n) is 10.9. The molecule has 1 aromatic carbocycles. The van der Waals surface area contributed by atoms with Crippen molar-refractivity contribution in [3.63, 3.8) is 0 Å². The summed E-state index contributed by atoms with van der Waals surface area (Å²) in [6.45, 7) is 3.57. The molecule has 2 fully saturated rings. The van der Waals surface area contributed by atoms with Gasteiger partial charge in [-0.25, -0.2) is 12.7 Å². The van der Waals surface area contributed by atoms with Crippen LogP contribution in [0.4, 0.5) is 0 Å². The first kappa shape index (κ1) is 22.6. The van der Waals surface area contributed by atoms with E-state index in [2.05, 4.69) is 5.32 Å². The highest BCUT2D eigenvalue weighted by Crippen LogP contribution is 2.28. The van der Waals surface area contributed by atoms with Gasteiger partial charge in [-0.3, -0.25) is 4.79 Å². The molecule has 162 valence electrons. The molecule has 1 aromatic rings. The van der Waals surface area contributed by atoms with Crippen LogP contribution in [0.2, 0.25) is 0 Å². The van der Waals surface area contributed by atoms with E-state index in [0.29, 0.717) is 32.5 Å². The van der Waals surface area contributed by atoms with E-state index in [4.69, 9.17) is 0 Å². The van der Waals surface area contributed by atoms with Crippen molar-refractivity contribution in [2.45, 2.75) is 62.9 Å². The van der Waals surface area contributed by atoms with E-state index in [1.165, 1.54) is 32.1 Å². The highest BCUT2D eigenvalue weighted by molar-refractivity contribution is 7.99. The summed E-state index contributed by atoms with van der Waals surface area (Å²) in [4.78, 5) is 12.4. The fraction of sp³-hybridized carbons (Fsp3) is 0.682. The van der Waals surface area contributed by atoms with Gasteiger partial charge in [-0.05, 0) is 38.2 Å². The van der Waals surface area contributed by atoms with E-state index in [9.17, 15) is 13.2 Å². The molecule has 1 aliphatic carbocycles. The van der Waals surface area contributed by atoms with Gasteiger partial charge in [0.1, 0.15) is 0 Å². The molecule has 5 nitrogen and oxygen atoms in total. The molecule has 0 radical (unpaired) electrons. The van der Waals surface area contributed by atoms with Gasteiger partial charge >= 0.3 is 0 Å². The number of aryl methyl sites for hydroxylation is 1. The molecule has 0 aromatic heterocycles. The second-order valence-electron chi connectivity index (χ2n) is 8.34. The van der Waals surface area contributed by atoms with E-state index in [1.54, 1.807) is 4.31 Å². The maximum Gasteiger partial charge on any atom is 0.223 e. The minimum atomic E-state index is -3.33. The van der Waals surface area contributed by atoms with Crippen LogP contribution in [0.25, 0.3) is 0 Å². The van der Waals surface area contributed by atoms with Crippen LogP contribution in [-0.4, -0.2) is 49.3 Å². The average Bonchev–Trinajstić information content (AvgIpc) is 2.73. The van der Waals surface area contributed by atoms with Crippen molar-refractivity contribution in [2.75, 3.05) is 25.4 Å².